The Morgan fingerprint density at radius 1 is 0.905 bits per heavy atom. The molecule has 2 aromatic rings. The van der Waals surface area contributed by atoms with Crippen molar-refractivity contribution in [1.29, 1.82) is 0 Å². The molecule has 0 saturated carbocycles. The van der Waals surface area contributed by atoms with Crippen LogP contribution in [0.1, 0.15) is 25.0 Å². The van der Waals surface area contributed by atoms with Crippen molar-refractivity contribution in [2.24, 2.45) is 0 Å². The highest BCUT2D eigenvalue weighted by atomic mass is 19.1. The molecule has 0 aliphatic rings. The zero-order chi connectivity index (χ0) is 15.1. The van der Waals surface area contributed by atoms with E-state index in [2.05, 4.69) is 36.2 Å². The fourth-order valence-corrected chi connectivity index (χ4v) is 2.35. The Kier molecular flexibility index (Phi) is 5.76. The molecule has 3 heteroatoms. The van der Waals surface area contributed by atoms with Crippen LogP contribution in [-0.4, -0.2) is 18.0 Å². The summed E-state index contributed by atoms with van der Waals surface area (Å²) < 4.78 is 13.7. The maximum Gasteiger partial charge on any atom is 0.128 e. The van der Waals surface area contributed by atoms with E-state index in [1.165, 1.54) is 11.6 Å². The zero-order valence-corrected chi connectivity index (χ0v) is 12.8. The molecule has 0 aromatic heterocycles. The van der Waals surface area contributed by atoms with E-state index in [4.69, 9.17) is 0 Å². The van der Waals surface area contributed by atoms with Gasteiger partial charge in [-0.25, -0.2) is 4.39 Å². The van der Waals surface area contributed by atoms with Gasteiger partial charge in [-0.3, -0.25) is 4.90 Å². The van der Waals surface area contributed by atoms with Crippen LogP contribution in [0, 0.1) is 5.82 Å². The number of anilines is 1. The summed E-state index contributed by atoms with van der Waals surface area (Å²) in [4.78, 5) is 2.36. The molecule has 2 rings (SSSR count). The smallest absolute Gasteiger partial charge is 0.128 e. The van der Waals surface area contributed by atoms with Gasteiger partial charge in [0.1, 0.15) is 5.82 Å². The lowest BCUT2D eigenvalue weighted by Gasteiger charge is -2.20. The van der Waals surface area contributed by atoms with Gasteiger partial charge in [0.2, 0.25) is 0 Å². The van der Waals surface area contributed by atoms with E-state index in [-0.39, 0.29) is 5.82 Å². The predicted molar refractivity (Wildman–Crippen MR) is 86.8 cm³/mol. The molecule has 0 aliphatic carbocycles. The molecular formula is C18H23FN2. The lowest BCUT2D eigenvalue weighted by Crippen LogP contribution is -2.22. The Hall–Kier alpha value is -1.87. The lowest BCUT2D eigenvalue weighted by atomic mass is 10.1. The number of benzene rings is 2. The molecule has 0 radical (unpaired) electrons. The van der Waals surface area contributed by atoms with Crippen LogP contribution in [0.25, 0.3) is 0 Å². The molecule has 2 aromatic carbocycles. The van der Waals surface area contributed by atoms with E-state index >= 15 is 0 Å². The maximum absolute atomic E-state index is 13.7. The number of hydrogen-bond acceptors (Lipinski definition) is 2. The second kappa shape index (κ2) is 7.79. The molecule has 0 spiro atoms. The van der Waals surface area contributed by atoms with Crippen LogP contribution in [0.3, 0.4) is 0 Å². The number of nitrogens with zero attached hydrogens (tertiary/aromatic N) is 1. The average molecular weight is 286 g/mol. The van der Waals surface area contributed by atoms with Crippen molar-refractivity contribution in [2.75, 3.05) is 18.4 Å². The third-order valence-corrected chi connectivity index (χ3v) is 3.73. The molecule has 0 saturated heterocycles. The first-order valence-electron chi connectivity index (χ1n) is 7.52. The first-order valence-corrected chi connectivity index (χ1v) is 7.52. The summed E-state index contributed by atoms with van der Waals surface area (Å²) in [6.45, 7) is 7.80. The topological polar surface area (TPSA) is 15.3 Å². The van der Waals surface area contributed by atoms with Crippen LogP contribution in [0.5, 0.6) is 0 Å². The standard InChI is InChI=1S/C18H23FN2/c1-3-21(4-2)14-16-10-6-8-12-18(16)20-13-15-9-5-7-11-17(15)19/h5-12,20H,3-4,13-14H2,1-2H3. The largest absolute Gasteiger partial charge is 0.381 e. The van der Waals surface area contributed by atoms with Crippen LogP contribution < -0.4 is 5.32 Å². The minimum atomic E-state index is -0.161. The minimum Gasteiger partial charge on any atom is -0.381 e. The molecule has 0 unspecified atom stereocenters. The van der Waals surface area contributed by atoms with Crippen LogP contribution in [-0.2, 0) is 13.1 Å². The van der Waals surface area contributed by atoms with E-state index in [1.54, 1.807) is 6.07 Å². The number of rotatable bonds is 7. The molecule has 1 N–H and O–H groups in total. The van der Waals surface area contributed by atoms with Crippen molar-refractivity contribution in [1.82, 2.24) is 4.90 Å². The summed E-state index contributed by atoms with van der Waals surface area (Å²) in [5.41, 5.74) is 3.01. The summed E-state index contributed by atoms with van der Waals surface area (Å²) in [6, 6.07) is 15.1. The average Bonchev–Trinajstić information content (AvgIpc) is 2.53. The maximum atomic E-state index is 13.7. The highest BCUT2D eigenvalue weighted by Gasteiger charge is 2.07. The fourth-order valence-electron chi connectivity index (χ4n) is 2.35. The predicted octanol–water partition coefficient (Wildman–Crippen LogP) is 4.28. The van der Waals surface area contributed by atoms with Gasteiger partial charge in [0.15, 0.2) is 0 Å². The molecule has 0 bridgehead atoms. The number of para-hydroxylation sites is 1. The molecular weight excluding hydrogens is 263 g/mol. The molecule has 0 amide bonds. The minimum absolute atomic E-state index is 0.161. The summed E-state index contributed by atoms with van der Waals surface area (Å²) >= 11 is 0. The van der Waals surface area contributed by atoms with Crippen LogP contribution in [0.4, 0.5) is 10.1 Å². The van der Waals surface area contributed by atoms with Gasteiger partial charge in [-0.15, -0.1) is 0 Å². The number of nitrogens with one attached hydrogen (secondary N) is 1. The van der Waals surface area contributed by atoms with Gasteiger partial charge in [0.05, 0.1) is 0 Å². The Labute approximate surface area is 126 Å². The van der Waals surface area contributed by atoms with E-state index in [0.29, 0.717) is 12.1 Å². The van der Waals surface area contributed by atoms with Crippen molar-refractivity contribution in [3.05, 3.63) is 65.5 Å². The molecule has 0 heterocycles. The molecule has 0 atom stereocenters. The van der Waals surface area contributed by atoms with Crippen LogP contribution in [0.15, 0.2) is 48.5 Å². The van der Waals surface area contributed by atoms with Gasteiger partial charge in [-0.2, -0.15) is 0 Å². The lowest BCUT2D eigenvalue weighted by molar-refractivity contribution is 0.296. The highest BCUT2D eigenvalue weighted by molar-refractivity contribution is 5.51. The molecule has 2 nitrogen and oxygen atoms in total. The Morgan fingerprint density at radius 3 is 2.19 bits per heavy atom. The third kappa shape index (κ3) is 4.30. The monoisotopic (exact) mass is 286 g/mol. The number of halogens is 1. The van der Waals surface area contributed by atoms with E-state index < -0.39 is 0 Å². The second-order valence-electron chi connectivity index (χ2n) is 5.06. The first-order chi connectivity index (χ1) is 10.2. The molecule has 21 heavy (non-hydrogen) atoms. The summed E-state index contributed by atoms with van der Waals surface area (Å²) in [5.74, 6) is -0.161. The Bertz CT molecular complexity index is 565. The normalized spacial score (nSPS) is 10.9. The van der Waals surface area contributed by atoms with E-state index in [9.17, 15) is 4.39 Å². The Morgan fingerprint density at radius 2 is 1.52 bits per heavy atom. The van der Waals surface area contributed by atoms with Gasteiger partial charge in [-0.05, 0) is 30.8 Å². The second-order valence-corrected chi connectivity index (χ2v) is 5.06. The van der Waals surface area contributed by atoms with Crippen LogP contribution >= 0.6 is 0 Å². The summed E-state index contributed by atoms with van der Waals surface area (Å²) in [7, 11) is 0. The van der Waals surface area contributed by atoms with E-state index in [1.807, 2.05) is 24.3 Å². The van der Waals surface area contributed by atoms with Crippen LogP contribution in [0.2, 0.25) is 0 Å². The van der Waals surface area contributed by atoms with E-state index in [0.717, 1.165) is 25.3 Å². The first kappa shape index (κ1) is 15.5. The van der Waals surface area contributed by atoms with Crippen molar-refractivity contribution in [2.45, 2.75) is 26.9 Å². The molecule has 112 valence electrons. The highest BCUT2D eigenvalue weighted by Crippen LogP contribution is 2.18. The van der Waals surface area contributed by atoms with Gasteiger partial charge in [0, 0.05) is 24.3 Å². The van der Waals surface area contributed by atoms with Gasteiger partial charge >= 0.3 is 0 Å². The summed E-state index contributed by atoms with van der Waals surface area (Å²) in [6.07, 6.45) is 0. The van der Waals surface area contributed by atoms with Gasteiger partial charge < -0.3 is 5.32 Å². The van der Waals surface area contributed by atoms with Gasteiger partial charge in [-0.1, -0.05) is 50.2 Å². The number of hydrogen-bond donors (Lipinski definition) is 1. The SMILES string of the molecule is CCN(CC)Cc1ccccc1NCc1ccccc1F. The summed E-state index contributed by atoms with van der Waals surface area (Å²) in [5, 5.41) is 3.36. The third-order valence-electron chi connectivity index (χ3n) is 3.73. The molecule has 0 aliphatic heterocycles. The van der Waals surface area contributed by atoms with Gasteiger partial charge in [0.25, 0.3) is 0 Å². The van der Waals surface area contributed by atoms with Crippen molar-refractivity contribution in [3.8, 4) is 0 Å². The van der Waals surface area contributed by atoms with Crippen molar-refractivity contribution < 1.29 is 4.39 Å². The quantitative estimate of drug-likeness (QED) is 0.817. The zero-order valence-electron chi connectivity index (χ0n) is 12.8. The molecule has 0 fully saturated rings. The Balaban J connectivity index is 2.08. The fraction of sp³-hybridized carbons (Fsp3) is 0.333. The van der Waals surface area contributed by atoms with Crippen molar-refractivity contribution >= 4 is 5.69 Å². The van der Waals surface area contributed by atoms with Crippen molar-refractivity contribution in [3.63, 3.8) is 0 Å².